The van der Waals surface area contributed by atoms with E-state index >= 15 is 0 Å². The maximum absolute atomic E-state index is 5.88. The van der Waals surface area contributed by atoms with Crippen LogP contribution in [-0.4, -0.2) is 29.1 Å². The Morgan fingerprint density at radius 1 is 1.06 bits per heavy atom. The summed E-state index contributed by atoms with van der Waals surface area (Å²) >= 11 is 0. The van der Waals surface area contributed by atoms with Gasteiger partial charge in [-0.2, -0.15) is 0 Å². The zero-order valence-electron chi connectivity index (χ0n) is 9.47. The number of piperidine rings is 1. The van der Waals surface area contributed by atoms with E-state index in [1.54, 1.807) is 0 Å². The van der Waals surface area contributed by atoms with Gasteiger partial charge in [0.05, 0.1) is 0 Å². The monoisotopic (exact) mass is 218 g/mol. The van der Waals surface area contributed by atoms with Crippen LogP contribution in [0.2, 0.25) is 0 Å². The van der Waals surface area contributed by atoms with Crippen molar-refractivity contribution in [3.8, 4) is 0 Å². The van der Waals surface area contributed by atoms with Gasteiger partial charge >= 0.3 is 0 Å². The van der Waals surface area contributed by atoms with Crippen LogP contribution in [-0.2, 0) is 0 Å². The number of rotatable bonds is 2. The number of nitrogens with two attached hydrogens (primary N) is 1. The molecule has 1 aromatic rings. The smallest absolute Gasteiger partial charge is 0.225 e. The van der Waals surface area contributed by atoms with Gasteiger partial charge in [0.25, 0.3) is 0 Å². The second kappa shape index (κ2) is 4.01. The van der Waals surface area contributed by atoms with Crippen molar-refractivity contribution in [1.29, 1.82) is 0 Å². The summed E-state index contributed by atoms with van der Waals surface area (Å²) in [5.41, 5.74) is 7.18. The van der Waals surface area contributed by atoms with Gasteiger partial charge in [-0.1, -0.05) is 0 Å². The predicted octanol–water partition coefficient (Wildman–Crippen LogP) is 1.28. The lowest BCUT2D eigenvalue weighted by molar-refractivity contribution is 0.495. The highest BCUT2D eigenvalue weighted by atomic mass is 15.2. The molecule has 1 saturated heterocycles. The second-order valence-corrected chi connectivity index (χ2v) is 4.92. The van der Waals surface area contributed by atoms with Crippen molar-refractivity contribution in [2.45, 2.75) is 37.6 Å². The van der Waals surface area contributed by atoms with E-state index in [4.69, 9.17) is 5.73 Å². The average Bonchev–Trinajstić information content (AvgIpc) is 3.14. The molecule has 0 atom stereocenters. The van der Waals surface area contributed by atoms with Gasteiger partial charge in [-0.15, -0.1) is 0 Å². The normalized spacial score (nSPS) is 22.4. The summed E-state index contributed by atoms with van der Waals surface area (Å²) in [5.74, 6) is 1.61. The van der Waals surface area contributed by atoms with Crippen molar-refractivity contribution in [3.05, 3.63) is 18.0 Å². The predicted molar refractivity (Wildman–Crippen MR) is 63.4 cm³/mol. The lowest BCUT2D eigenvalue weighted by Crippen LogP contribution is -2.40. The van der Waals surface area contributed by atoms with Crippen molar-refractivity contribution in [3.63, 3.8) is 0 Å². The molecule has 1 saturated carbocycles. The molecule has 0 amide bonds. The molecule has 2 fully saturated rings. The van der Waals surface area contributed by atoms with E-state index in [1.165, 1.54) is 18.4 Å². The standard InChI is InChI=1S/C12H18N4/c13-11-3-5-16(6-4-11)12-14-7-10(8-15-12)9-1-2-9/h7-9,11H,1-6,13H2. The highest BCUT2D eigenvalue weighted by Crippen LogP contribution is 2.39. The molecule has 86 valence electrons. The molecular weight excluding hydrogens is 200 g/mol. The Morgan fingerprint density at radius 3 is 2.25 bits per heavy atom. The van der Waals surface area contributed by atoms with Crippen LogP contribution in [0.15, 0.2) is 12.4 Å². The molecule has 0 aromatic carbocycles. The van der Waals surface area contributed by atoms with Gasteiger partial charge in [0.15, 0.2) is 0 Å². The summed E-state index contributed by atoms with van der Waals surface area (Å²) < 4.78 is 0. The summed E-state index contributed by atoms with van der Waals surface area (Å²) in [6.07, 6.45) is 8.70. The van der Waals surface area contributed by atoms with E-state index < -0.39 is 0 Å². The first kappa shape index (κ1) is 10.0. The van der Waals surface area contributed by atoms with E-state index in [2.05, 4.69) is 14.9 Å². The van der Waals surface area contributed by atoms with E-state index in [1.807, 2.05) is 12.4 Å². The third-order valence-corrected chi connectivity index (χ3v) is 3.53. The Kier molecular flexibility index (Phi) is 2.52. The molecule has 4 heteroatoms. The SMILES string of the molecule is NC1CCN(c2ncc(C3CC3)cn2)CC1. The molecule has 0 bridgehead atoms. The summed E-state index contributed by atoms with van der Waals surface area (Å²) in [6, 6.07) is 0.363. The van der Waals surface area contributed by atoms with Crippen LogP contribution in [0.3, 0.4) is 0 Å². The van der Waals surface area contributed by atoms with Gasteiger partial charge in [-0.25, -0.2) is 9.97 Å². The zero-order valence-corrected chi connectivity index (χ0v) is 9.47. The van der Waals surface area contributed by atoms with Gasteiger partial charge in [-0.05, 0) is 37.2 Å². The number of nitrogens with zero attached hydrogens (tertiary/aromatic N) is 3. The molecule has 2 aliphatic rings. The van der Waals surface area contributed by atoms with Gasteiger partial charge in [-0.3, -0.25) is 0 Å². The topological polar surface area (TPSA) is 55.0 Å². The number of anilines is 1. The molecule has 3 rings (SSSR count). The summed E-state index contributed by atoms with van der Waals surface area (Å²) in [4.78, 5) is 11.2. The van der Waals surface area contributed by atoms with E-state index in [0.717, 1.165) is 37.8 Å². The van der Waals surface area contributed by atoms with Crippen LogP contribution in [0.25, 0.3) is 0 Å². The van der Waals surface area contributed by atoms with Crippen molar-refractivity contribution in [2.24, 2.45) is 5.73 Å². The molecular formula is C12H18N4. The molecule has 16 heavy (non-hydrogen) atoms. The minimum absolute atomic E-state index is 0.363. The first-order chi connectivity index (χ1) is 7.83. The molecule has 2 N–H and O–H groups in total. The minimum Gasteiger partial charge on any atom is -0.341 e. The maximum atomic E-state index is 5.88. The van der Waals surface area contributed by atoms with Crippen LogP contribution >= 0.6 is 0 Å². The van der Waals surface area contributed by atoms with Crippen LogP contribution in [0, 0.1) is 0 Å². The largest absolute Gasteiger partial charge is 0.341 e. The number of hydrogen-bond acceptors (Lipinski definition) is 4. The van der Waals surface area contributed by atoms with Crippen LogP contribution in [0.5, 0.6) is 0 Å². The fraction of sp³-hybridized carbons (Fsp3) is 0.667. The number of aromatic nitrogens is 2. The Morgan fingerprint density at radius 2 is 1.69 bits per heavy atom. The molecule has 0 spiro atoms. The quantitative estimate of drug-likeness (QED) is 0.812. The van der Waals surface area contributed by atoms with Crippen LogP contribution in [0.4, 0.5) is 5.95 Å². The molecule has 0 unspecified atom stereocenters. The third kappa shape index (κ3) is 2.02. The first-order valence-electron chi connectivity index (χ1n) is 6.15. The van der Waals surface area contributed by atoms with Gasteiger partial charge in [0.1, 0.15) is 0 Å². The lowest BCUT2D eigenvalue weighted by Gasteiger charge is -2.30. The van der Waals surface area contributed by atoms with Crippen LogP contribution in [0.1, 0.15) is 37.2 Å². The van der Waals surface area contributed by atoms with E-state index in [-0.39, 0.29) is 0 Å². The molecule has 1 aromatic heterocycles. The fourth-order valence-corrected chi connectivity index (χ4v) is 2.22. The Balaban J connectivity index is 1.69. The number of hydrogen-bond donors (Lipinski definition) is 1. The van der Waals surface area contributed by atoms with Crippen molar-refractivity contribution < 1.29 is 0 Å². The second-order valence-electron chi connectivity index (χ2n) is 4.92. The van der Waals surface area contributed by atoms with Gasteiger partial charge in [0, 0.05) is 31.5 Å². The zero-order chi connectivity index (χ0) is 11.0. The Bertz CT molecular complexity index is 350. The Labute approximate surface area is 95.9 Å². The maximum Gasteiger partial charge on any atom is 0.225 e. The highest BCUT2D eigenvalue weighted by molar-refractivity contribution is 5.32. The molecule has 1 aliphatic carbocycles. The first-order valence-corrected chi connectivity index (χ1v) is 6.15. The average molecular weight is 218 g/mol. The lowest BCUT2D eigenvalue weighted by atomic mass is 10.1. The molecule has 2 heterocycles. The summed E-state index contributed by atoms with van der Waals surface area (Å²) in [5, 5.41) is 0. The van der Waals surface area contributed by atoms with Gasteiger partial charge in [0.2, 0.25) is 5.95 Å². The Hall–Kier alpha value is -1.16. The summed E-state index contributed by atoms with van der Waals surface area (Å²) in [6.45, 7) is 1.98. The van der Waals surface area contributed by atoms with E-state index in [9.17, 15) is 0 Å². The van der Waals surface area contributed by atoms with Crippen molar-refractivity contribution >= 4 is 5.95 Å². The molecule has 0 radical (unpaired) electrons. The fourth-order valence-electron chi connectivity index (χ4n) is 2.22. The summed E-state index contributed by atoms with van der Waals surface area (Å²) in [7, 11) is 0. The molecule has 1 aliphatic heterocycles. The highest BCUT2D eigenvalue weighted by Gasteiger charge is 2.24. The van der Waals surface area contributed by atoms with E-state index in [0.29, 0.717) is 6.04 Å². The van der Waals surface area contributed by atoms with Crippen LogP contribution < -0.4 is 10.6 Å². The van der Waals surface area contributed by atoms with Crippen molar-refractivity contribution in [2.75, 3.05) is 18.0 Å². The third-order valence-electron chi connectivity index (χ3n) is 3.53. The van der Waals surface area contributed by atoms with Crippen molar-refractivity contribution in [1.82, 2.24) is 9.97 Å². The minimum atomic E-state index is 0.363. The van der Waals surface area contributed by atoms with Gasteiger partial charge < -0.3 is 10.6 Å². The molecule has 4 nitrogen and oxygen atoms in total.